The molecule has 9 heavy (non-hydrogen) atoms. The van der Waals surface area contributed by atoms with E-state index in [-0.39, 0.29) is 0 Å². The first-order valence-corrected chi connectivity index (χ1v) is 7.70. The third kappa shape index (κ3) is 8.58. The summed E-state index contributed by atoms with van der Waals surface area (Å²) in [5.41, 5.74) is 0. The van der Waals surface area contributed by atoms with Crippen LogP contribution in [0, 0.1) is 6.57 Å². The SMILES string of the molecule is [C-]#[N+]CCC[Si](Cl)(Cl)Cl. The Bertz CT molecular complexity index is 114. The lowest BCUT2D eigenvalue weighted by atomic mass is 10.5. The summed E-state index contributed by atoms with van der Waals surface area (Å²) in [6.07, 6.45) is 0.715. The van der Waals surface area contributed by atoms with Gasteiger partial charge in [-0.1, -0.05) is 0 Å². The summed E-state index contributed by atoms with van der Waals surface area (Å²) in [5, 5.41) is 0. The summed E-state index contributed by atoms with van der Waals surface area (Å²) in [5.74, 6) is 0. The molecule has 0 saturated carbocycles. The maximum atomic E-state index is 6.42. The van der Waals surface area contributed by atoms with Crippen molar-refractivity contribution in [1.29, 1.82) is 0 Å². The van der Waals surface area contributed by atoms with Gasteiger partial charge in [-0.3, -0.25) is 0 Å². The first kappa shape index (κ1) is 9.58. The molecule has 0 aromatic carbocycles. The van der Waals surface area contributed by atoms with Crippen LogP contribution in [0.15, 0.2) is 0 Å². The molecule has 0 bridgehead atoms. The van der Waals surface area contributed by atoms with Gasteiger partial charge in [0.2, 0.25) is 6.54 Å². The molecule has 0 rings (SSSR count). The van der Waals surface area contributed by atoms with Crippen LogP contribution in [0.1, 0.15) is 6.42 Å². The van der Waals surface area contributed by atoms with E-state index in [2.05, 4.69) is 4.85 Å². The first-order valence-electron chi connectivity index (χ1n) is 2.46. The monoisotopic (exact) mass is 201 g/mol. The summed E-state index contributed by atoms with van der Waals surface area (Å²) in [4.78, 5) is 3.14. The molecule has 0 saturated heterocycles. The second-order valence-electron chi connectivity index (χ2n) is 1.60. The molecule has 0 fully saturated rings. The van der Waals surface area contributed by atoms with Crippen molar-refractivity contribution in [2.24, 2.45) is 0 Å². The third-order valence-corrected chi connectivity index (χ3v) is 3.35. The smallest absolute Gasteiger partial charge is 0.317 e. The maximum Gasteiger partial charge on any atom is 0.341 e. The molecule has 0 unspecified atom stereocenters. The molecular weight excluding hydrogens is 196 g/mol. The number of hydrogen-bond acceptors (Lipinski definition) is 0. The predicted molar refractivity (Wildman–Crippen MR) is 44.2 cm³/mol. The van der Waals surface area contributed by atoms with Crippen molar-refractivity contribution in [3.05, 3.63) is 11.4 Å². The molecule has 1 nitrogen and oxygen atoms in total. The van der Waals surface area contributed by atoms with Crippen molar-refractivity contribution in [3.8, 4) is 0 Å². The summed E-state index contributed by atoms with van der Waals surface area (Å²) in [7, 11) is 0. The fourth-order valence-corrected chi connectivity index (χ4v) is 2.12. The van der Waals surface area contributed by atoms with Gasteiger partial charge in [-0.25, -0.2) is 6.57 Å². The van der Waals surface area contributed by atoms with E-state index in [1.807, 2.05) is 0 Å². The summed E-state index contributed by atoms with van der Waals surface area (Å²) < 4.78 is 0. The van der Waals surface area contributed by atoms with Crippen LogP contribution in [0.25, 0.3) is 4.85 Å². The lowest BCUT2D eigenvalue weighted by molar-refractivity contribution is 1.02. The molecule has 5 heteroatoms. The summed E-state index contributed by atoms with van der Waals surface area (Å²) in [6.45, 7) is 6.89. The van der Waals surface area contributed by atoms with E-state index >= 15 is 0 Å². The molecular formula is C4H6Cl3NSi. The van der Waals surface area contributed by atoms with Crippen molar-refractivity contribution < 1.29 is 0 Å². The van der Waals surface area contributed by atoms with Crippen LogP contribution in [0.3, 0.4) is 0 Å². The van der Waals surface area contributed by atoms with Gasteiger partial charge in [-0.05, 0) is 6.04 Å². The molecule has 0 aromatic rings. The van der Waals surface area contributed by atoms with Gasteiger partial charge in [0.25, 0.3) is 0 Å². The highest BCUT2D eigenvalue weighted by Gasteiger charge is 2.24. The van der Waals surface area contributed by atoms with Crippen molar-refractivity contribution in [3.63, 3.8) is 0 Å². The van der Waals surface area contributed by atoms with E-state index < -0.39 is 6.00 Å². The molecule has 0 spiro atoms. The molecule has 0 amide bonds. The van der Waals surface area contributed by atoms with Crippen molar-refractivity contribution in [2.45, 2.75) is 12.5 Å². The van der Waals surface area contributed by atoms with Crippen LogP contribution < -0.4 is 0 Å². The van der Waals surface area contributed by atoms with Gasteiger partial charge in [0.1, 0.15) is 0 Å². The average Bonchev–Trinajstić information content (AvgIpc) is 1.63. The normalized spacial score (nSPS) is 10.9. The second-order valence-corrected chi connectivity index (χ2v) is 10.9. The summed E-state index contributed by atoms with van der Waals surface area (Å²) >= 11 is 16.6. The first-order chi connectivity index (χ1) is 4.06. The second kappa shape index (κ2) is 4.40. The fraction of sp³-hybridized carbons (Fsp3) is 0.750. The largest absolute Gasteiger partial charge is 0.341 e. The lowest BCUT2D eigenvalue weighted by Crippen LogP contribution is -2.08. The minimum absolute atomic E-state index is 0.473. The van der Waals surface area contributed by atoms with Gasteiger partial charge in [0, 0.05) is 6.42 Å². The van der Waals surface area contributed by atoms with Crippen LogP contribution in [-0.4, -0.2) is 12.5 Å². The molecule has 0 atom stereocenters. The Morgan fingerprint density at radius 3 is 2.22 bits per heavy atom. The topological polar surface area (TPSA) is 4.36 Å². The maximum absolute atomic E-state index is 6.42. The number of hydrogen-bond donors (Lipinski definition) is 0. The van der Waals surface area contributed by atoms with Gasteiger partial charge in [-0.15, -0.1) is 33.2 Å². The standard InChI is InChI=1S/C4H6Cl3NSi/c1-8-3-2-4-9(5,6)7/h2-4H2. The van der Waals surface area contributed by atoms with Crippen LogP contribution in [0.2, 0.25) is 6.04 Å². The van der Waals surface area contributed by atoms with Crippen molar-refractivity contribution >= 4 is 39.2 Å². The van der Waals surface area contributed by atoms with Gasteiger partial charge >= 0.3 is 6.00 Å². The molecule has 0 N–H and O–H groups in total. The fourth-order valence-electron chi connectivity index (χ4n) is 0.359. The Morgan fingerprint density at radius 2 is 1.89 bits per heavy atom. The number of rotatable bonds is 3. The highest BCUT2D eigenvalue weighted by Crippen LogP contribution is 2.26. The molecule has 0 aliphatic rings. The van der Waals surface area contributed by atoms with Crippen LogP contribution in [0.4, 0.5) is 0 Å². The zero-order chi connectivity index (χ0) is 7.33. The Hall–Kier alpha value is 0.577. The van der Waals surface area contributed by atoms with E-state index in [4.69, 9.17) is 39.8 Å². The minimum Gasteiger partial charge on any atom is -0.317 e. The Labute approximate surface area is 69.8 Å². The van der Waals surface area contributed by atoms with E-state index in [0.717, 1.165) is 0 Å². The van der Waals surface area contributed by atoms with E-state index in [1.54, 1.807) is 0 Å². The molecule has 0 heterocycles. The average molecular weight is 203 g/mol. The number of nitrogens with zero attached hydrogens (tertiary/aromatic N) is 1. The quantitative estimate of drug-likeness (QED) is 0.287. The molecule has 52 valence electrons. The number of halogens is 3. The zero-order valence-electron chi connectivity index (χ0n) is 4.70. The third-order valence-electron chi connectivity index (χ3n) is 0.730. The minimum atomic E-state index is -2.42. The Balaban J connectivity index is 3.20. The van der Waals surface area contributed by atoms with E-state index in [0.29, 0.717) is 19.0 Å². The van der Waals surface area contributed by atoms with Gasteiger partial charge < -0.3 is 4.85 Å². The van der Waals surface area contributed by atoms with Crippen LogP contribution >= 0.6 is 33.2 Å². The highest BCUT2D eigenvalue weighted by atomic mass is 35.8. The van der Waals surface area contributed by atoms with Crippen molar-refractivity contribution in [2.75, 3.05) is 6.54 Å². The molecule has 0 aliphatic heterocycles. The van der Waals surface area contributed by atoms with Crippen molar-refractivity contribution in [1.82, 2.24) is 0 Å². The lowest BCUT2D eigenvalue weighted by Gasteiger charge is -2.02. The van der Waals surface area contributed by atoms with Crippen LogP contribution in [0.5, 0.6) is 0 Å². The van der Waals surface area contributed by atoms with Gasteiger partial charge in [0.15, 0.2) is 0 Å². The Kier molecular flexibility index (Phi) is 4.68. The van der Waals surface area contributed by atoms with Gasteiger partial charge in [-0.2, -0.15) is 0 Å². The predicted octanol–water partition coefficient (Wildman–Crippen LogP) is 2.95. The van der Waals surface area contributed by atoms with E-state index in [1.165, 1.54) is 0 Å². The molecule has 0 aromatic heterocycles. The molecule has 0 aliphatic carbocycles. The van der Waals surface area contributed by atoms with Crippen LogP contribution in [-0.2, 0) is 0 Å². The molecule has 0 radical (unpaired) electrons. The zero-order valence-corrected chi connectivity index (χ0v) is 7.97. The summed E-state index contributed by atoms with van der Waals surface area (Å²) in [6, 6.07) is -1.82. The highest BCUT2D eigenvalue weighted by molar-refractivity contribution is 7.64. The Morgan fingerprint density at radius 1 is 1.33 bits per heavy atom. The van der Waals surface area contributed by atoms with E-state index in [9.17, 15) is 0 Å². The van der Waals surface area contributed by atoms with Gasteiger partial charge in [0.05, 0.1) is 0 Å².